The number of rotatable bonds is 7. The number of aryl methyl sites for hydroxylation is 1. The summed E-state index contributed by atoms with van der Waals surface area (Å²) in [4.78, 5) is 4.30. The van der Waals surface area contributed by atoms with Crippen LogP contribution in [0.4, 0.5) is 0 Å². The van der Waals surface area contributed by atoms with Crippen LogP contribution in [-0.4, -0.2) is 32.8 Å². The zero-order valence-corrected chi connectivity index (χ0v) is 19.0. The van der Waals surface area contributed by atoms with E-state index in [0.717, 1.165) is 43.5 Å². The average molecular weight is 501 g/mol. The summed E-state index contributed by atoms with van der Waals surface area (Å²) in [5, 5.41) is 10.9. The number of hydrogen-bond donors (Lipinski definition) is 2. The summed E-state index contributed by atoms with van der Waals surface area (Å²) in [6.45, 7) is 5.88. The van der Waals surface area contributed by atoms with Gasteiger partial charge in [0.25, 0.3) is 0 Å². The van der Waals surface area contributed by atoms with Gasteiger partial charge in [0.2, 0.25) is 0 Å². The Balaban J connectivity index is 0.00000261. The molecular formula is C20H28IN3O2S. The minimum Gasteiger partial charge on any atom is -0.493 e. The van der Waals surface area contributed by atoms with Crippen molar-refractivity contribution in [2.24, 2.45) is 10.9 Å². The molecule has 1 saturated heterocycles. The number of guanidine groups is 1. The summed E-state index contributed by atoms with van der Waals surface area (Å²) in [6, 6.07) is 8.46. The van der Waals surface area contributed by atoms with Crippen LogP contribution in [0.15, 0.2) is 40.0 Å². The number of hydrogen-bond acceptors (Lipinski definition) is 4. The van der Waals surface area contributed by atoms with Crippen LogP contribution in [0.1, 0.15) is 23.1 Å². The fourth-order valence-electron chi connectivity index (χ4n) is 2.84. The molecule has 2 N–H and O–H groups in total. The van der Waals surface area contributed by atoms with E-state index in [1.807, 2.05) is 0 Å². The summed E-state index contributed by atoms with van der Waals surface area (Å²) in [5.41, 5.74) is 3.59. The molecule has 1 unspecified atom stereocenters. The van der Waals surface area contributed by atoms with Crippen molar-refractivity contribution in [2.75, 3.05) is 26.9 Å². The normalized spacial score (nSPS) is 16.7. The topological polar surface area (TPSA) is 54.9 Å². The molecule has 0 amide bonds. The van der Waals surface area contributed by atoms with Crippen LogP contribution < -0.4 is 15.4 Å². The van der Waals surface area contributed by atoms with Crippen molar-refractivity contribution in [3.05, 3.63) is 51.7 Å². The first-order valence-electron chi connectivity index (χ1n) is 9.00. The van der Waals surface area contributed by atoms with Crippen LogP contribution in [0.2, 0.25) is 0 Å². The highest BCUT2D eigenvalue weighted by molar-refractivity contribution is 14.0. The Bertz CT molecular complexity index is 716. The van der Waals surface area contributed by atoms with Gasteiger partial charge >= 0.3 is 0 Å². The van der Waals surface area contributed by atoms with Gasteiger partial charge < -0.3 is 20.1 Å². The number of aliphatic imine (C=N–C) groups is 1. The predicted molar refractivity (Wildman–Crippen MR) is 122 cm³/mol. The van der Waals surface area contributed by atoms with Gasteiger partial charge in [0, 0.05) is 38.2 Å². The van der Waals surface area contributed by atoms with Crippen LogP contribution in [0, 0.1) is 12.8 Å². The smallest absolute Gasteiger partial charge is 0.191 e. The third-order valence-electron chi connectivity index (χ3n) is 4.43. The van der Waals surface area contributed by atoms with E-state index in [-0.39, 0.29) is 24.0 Å². The van der Waals surface area contributed by atoms with Gasteiger partial charge in [-0.1, -0.05) is 12.1 Å². The minimum atomic E-state index is 0. The molecule has 1 atom stereocenters. The molecule has 3 rings (SSSR count). The van der Waals surface area contributed by atoms with Crippen molar-refractivity contribution in [3.8, 4) is 5.75 Å². The van der Waals surface area contributed by atoms with Crippen LogP contribution in [0.25, 0.3) is 0 Å². The first-order chi connectivity index (χ1) is 12.7. The second kappa shape index (κ2) is 11.5. The first kappa shape index (κ1) is 22.0. The highest BCUT2D eigenvalue weighted by Gasteiger charge is 2.17. The van der Waals surface area contributed by atoms with Crippen LogP contribution in [-0.2, 0) is 17.8 Å². The van der Waals surface area contributed by atoms with Crippen molar-refractivity contribution in [1.82, 2.24) is 10.6 Å². The Morgan fingerprint density at radius 2 is 2.15 bits per heavy atom. The zero-order valence-electron chi connectivity index (χ0n) is 15.9. The van der Waals surface area contributed by atoms with Crippen molar-refractivity contribution >= 4 is 41.3 Å². The molecule has 148 valence electrons. The van der Waals surface area contributed by atoms with Gasteiger partial charge in [-0.2, -0.15) is 11.3 Å². The van der Waals surface area contributed by atoms with E-state index in [0.29, 0.717) is 19.1 Å². The number of nitrogens with zero attached hydrogens (tertiary/aromatic N) is 1. The van der Waals surface area contributed by atoms with Gasteiger partial charge in [-0.15, -0.1) is 24.0 Å². The molecule has 2 aromatic rings. The van der Waals surface area contributed by atoms with Gasteiger partial charge in [-0.3, -0.25) is 4.99 Å². The Kier molecular flexibility index (Phi) is 9.36. The fourth-order valence-corrected chi connectivity index (χ4v) is 3.51. The number of halogens is 1. The fraction of sp³-hybridized carbons (Fsp3) is 0.450. The van der Waals surface area contributed by atoms with Gasteiger partial charge in [0.15, 0.2) is 5.96 Å². The highest BCUT2D eigenvalue weighted by atomic mass is 127. The van der Waals surface area contributed by atoms with E-state index in [1.54, 1.807) is 18.4 Å². The van der Waals surface area contributed by atoms with E-state index in [1.165, 1.54) is 11.1 Å². The molecule has 2 heterocycles. The lowest BCUT2D eigenvalue weighted by molar-refractivity contribution is 0.166. The highest BCUT2D eigenvalue weighted by Crippen LogP contribution is 2.22. The van der Waals surface area contributed by atoms with E-state index in [2.05, 4.69) is 57.6 Å². The van der Waals surface area contributed by atoms with E-state index in [9.17, 15) is 0 Å². The van der Waals surface area contributed by atoms with E-state index in [4.69, 9.17) is 9.47 Å². The lowest BCUT2D eigenvalue weighted by Gasteiger charge is -2.17. The Labute approximate surface area is 182 Å². The van der Waals surface area contributed by atoms with Crippen LogP contribution >= 0.6 is 35.3 Å². The Morgan fingerprint density at radius 1 is 1.30 bits per heavy atom. The molecule has 1 aliphatic rings. The molecule has 1 aliphatic heterocycles. The maximum atomic E-state index is 6.11. The molecule has 0 bridgehead atoms. The summed E-state index contributed by atoms with van der Waals surface area (Å²) in [5.74, 6) is 2.22. The summed E-state index contributed by atoms with van der Waals surface area (Å²) in [6.07, 6.45) is 1.08. The largest absolute Gasteiger partial charge is 0.493 e. The maximum absolute atomic E-state index is 6.11. The predicted octanol–water partition coefficient (Wildman–Crippen LogP) is 3.96. The monoisotopic (exact) mass is 501 g/mol. The summed E-state index contributed by atoms with van der Waals surface area (Å²) >= 11 is 1.70. The molecular weight excluding hydrogens is 473 g/mol. The average Bonchev–Trinajstić information content (AvgIpc) is 3.35. The number of thiophene rings is 1. The molecule has 7 heteroatoms. The summed E-state index contributed by atoms with van der Waals surface area (Å²) < 4.78 is 11.5. The van der Waals surface area contributed by atoms with Gasteiger partial charge in [-0.05, 0) is 47.4 Å². The summed E-state index contributed by atoms with van der Waals surface area (Å²) in [7, 11) is 1.79. The third kappa shape index (κ3) is 6.97. The Hall–Kier alpha value is -1.32. The van der Waals surface area contributed by atoms with Crippen molar-refractivity contribution in [2.45, 2.75) is 26.4 Å². The standard InChI is InChI=1S/C20H27N3O2S.HI/c1-15-3-4-18(19(9-15)25-13-17-5-7-24-12-17)11-23-20(21-2)22-10-16-6-8-26-14-16;/h3-4,6,8-9,14,17H,5,7,10-13H2,1-2H3,(H2,21,22,23);1H. The van der Waals surface area contributed by atoms with E-state index >= 15 is 0 Å². The zero-order chi connectivity index (χ0) is 18.2. The van der Waals surface area contributed by atoms with Gasteiger partial charge in [0.05, 0.1) is 13.2 Å². The van der Waals surface area contributed by atoms with Gasteiger partial charge in [-0.25, -0.2) is 0 Å². The molecule has 0 aliphatic carbocycles. The maximum Gasteiger partial charge on any atom is 0.191 e. The molecule has 27 heavy (non-hydrogen) atoms. The number of benzene rings is 1. The molecule has 1 aromatic heterocycles. The molecule has 0 saturated carbocycles. The minimum absolute atomic E-state index is 0. The lowest BCUT2D eigenvalue weighted by atomic mass is 10.1. The van der Waals surface area contributed by atoms with Crippen molar-refractivity contribution < 1.29 is 9.47 Å². The second-order valence-corrected chi connectivity index (χ2v) is 7.34. The van der Waals surface area contributed by atoms with Crippen molar-refractivity contribution in [3.63, 3.8) is 0 Å². The van der Waals surface area contributed by atoms with Crippen LogP contribution in [0.5, 0.6) is 5.75 Å². The van der Waals surface area contributed by atoms with Gasteiger partial charge in [0.1, 0.15) is 5.75 Å². The van der Waals surface area contributed by atoms with Crippen molar-refractivity contribution in [1.29, 1.82) is 0 Å². The SMILES string of the molecule is CN=C(NCc1ccsc1)NCc1ccc(C)cc1OCC1CCOC1.I. The Morgan fingerprint density at radius 3 is 2.85 bits per heavy atom. The first-order valence-corrected chi connectivity index (χ1v) is 9.94. The molecule has 5 nitrogen and oxygen atoms in total. The molecule has 0 radical (unpaired) electrons. The van der Waals surface area contributed by atoms with E-state index < -0.39 is 0 Å². The molecule has 1 fully saturated rings. The lowest BCUT2D eigenvalue weighted by Crippen LogP contribution is -2.36. The van der Waals surface area contributed by atoms with Crippen LogP contribution in [0.3, 0.4) is 0 Å². The number of nitrogens with one attached hydrogen (secondary N) is 2. The quantitative estimate of drug-likeness (QED) is 0.343. The molecule has 1 aromatic carbocycles. The third-order valence-corrected chi connectivity index (χ3v) is 5.16. The number of ether oxygens (including phenoxy) is 2. The molecule has 0 spiro atoms. The second-order valence-electron chi connectivity index (χ2n) is 6.56.